The summed E-state index contributed by atoms with van der Waals surface area (Å²) < 4.78 is 20.4. The summed E-state index contributed by atoms with van der Waals surface area (Å²) in [6.45, 7) is 13.3. The van der Waals surface area contributed by atoms with E-state index >= 15 is 0 Å². The van der Waals surface area contributed by atoms with Gasteiger partial charge in [0.25, 0.3) is 0 Å². The van der Waals surface area contributed by atoms with Crippen LogP contribution in [-0.4, -0.2) is 70.9 Å². The molecule has 1 N–H and O–H groups in total. The molecule has 2 aromatic heterocycles. The van der Waals surface area contributed by atoms with Crippen molar-refractivity contribution in [3.05, 3.63) is 77.6 Å². The van der Waals surface area contributed by atoms with E-state index in [1.54, 1.807) is 32.8 Å². The van der Waals surface area contributed by atoms with Gasteiger partial charge in [-0.3, -0.25) is 14.6 Å². The second-order valence-electron chi connectivity index (χ2n) is 15.8. The summed E-state index contributed by atoms with van der Waals surface area (Å²) in [5.41, 5.74) is 6.96. The average molecular weight is 693 g/mol. The number of pyridine rings is 1. The van der Waals surface area contributed by atoms with E-state index < -0.39 is 29.1 Å². The van der Waals surface area contributed by atoms with Crippen molar-refractivity contribution in [3.8, 4) is 22.4 Å². The molecule has 1 unspecified atom stereocenters. The zero-order valence-electron chi connectivity index (χ0n) is 30.6. The third-order valence-corrected chi connectivity index (χ3v) is 10.6. The molecule has 10 nitrogen and oxygen atoms in total. The van der Waals surface area contributed by atoms with Crippen molar-refractivity contribution >= 4 is 28.9 Å². The molecule has 1 aliphatic carbocycles. The first-order chi connectivity index (χ1) is 24.3. The first kappa shape index (κ1) is 34.7. The number of cyclic esters (lactones) is 1. The number of nitrogens with zero attached hydrogens (tertiary/aromatic N) is 3. The first-order valence-corrected chi connectivity index (χ1v) is 18.0. The van der Waals surface area contributed by atoms with Gasteiger partial charge in [0.05, 0.1) is 23.9 Å². The Kier molecular flexibility index (Phi) is 8.94. The molecule has 0 saturated carbocycles. The Morgan fingerprint density at radius 2 is 1.86 bits per heavy atom. The van der Waals surface area contributed by atoms with Gasteiger partial charge in [0.15, 0.2) is 0 Å². The highest BCUT2D eigenvalue weighted by atomic mass is 16.6. The van der Waals surface area contributed by atoms with Crippen LogP contribution in [0.1, 0.15) is 76.8 Å². The number of ether oxygens (including phenoxy) is 3. The largest absolute Gasteiger partial charge is 0.465 e. The number of esters is 1. The number of benzene rings is 2. The van der Waals surface area contributed by atoms with Crippen LogP contribution in [0.15, 0.2) is 60.8 Å². The van der Waals surface area contributed by atoms with Crippen molar-refractivity contribution in [2.75, 3.05) is 26.8 Å². The lowest BCUT2D eigenvalue weighted by Gasteiger charge is -2.42. The van der Waals surface area contributed by atoms with Crippen LogP contribution in [-0.2, 0) is 36.8 Å². The number of fused-ring (bicyclic) bond motifs is 8. The molecule has 4 aromatic rings. The molecule has 2 aromatic carbocycles. The van der Waals surface area contributed by atoms with Gasteiger partial charge < -0.3 is 29.0 Å². The van der Waals surface area contributed by atoms with Gasteiger partial charge >= 0.3 is 12.1 Å². The van der Waals surface area contributed by atoms with Crippen LogP contribution in [0.5, 0.6) is 0 Å². The van der Waals surface area contributed by atoms with Crippen molar-refractivity contribution in [3.63, 3.8) is 0 Å². The van der Waals surface area contributed by atoms with Crippen LogP contribution in [0, 0.1) is 11.3 Å². The number of nitrogens with one attached hydrogen (secondary N) is 1. The van der Waals surface area contributed by atoms with Gasteiger partial charge in [0, 0.05) is 67.2 Å². The minimum absolute atomic E-state index is 0.159. The second kappa shape index (κ2) is 13.1. The lowest BCUT2D eigenvalue weighted by molar-refractivity contribution is -0.152. The minimum Gasteiger partial charge on any atom is -0.465 e. The van der Waals surface area contributed by atoms with E-state index in [0.717, 1.165) is 51.1 Å². The zero-order chi connectivity index (χ0) is 36.2. The fourth-order valence-electron chi connectivity index (χ4n) is 8.30. The van der Waals surface area contributed by atoms with Crippen LogP contribution in [0.4, 0.5) is 4.79 Å². The molecule has 1 saturated heterocycles. The summed E-state index contributed by atoms with van der Waals surface area (Å²) in [4.78, 5) is 47.3. The van der Waals surface area contributed by atoms with Gasteiger partial charge in [-0.2, -0.15) is 0 Å². The molecule has 0 radical (unpaired) electrons. The van der Waals surface area contributed by atoms with E-state index in [1.165, 1.54) is 5.56 Å². The maximum absolute atomic E-state index is 14.0. The highest BCUT2D eigenvalue weighted by molar-refractivity contribution is 5.97. The number of hydrogen-bond donors (Lipinski definition) is 1. The van der Waals surface area contributed by atoms with Crippen molar-refractivity contribution in [1.29, 1.82) is 0 Å². The van der Waals surface area contributed by atoms with Crippen molar-refractivity contribution in [2.24, 2.45) is 11.3 Å². The summed E-state index contributed by atoms with van der Waals surface area (Å²) in [5.74, 6) is -1.24. The number of rotatable bonds is 3. The summed E-state index contributed by atoms with van der Waals surface area (Å²) >= 11 is 0. The van der Waals surface area contributed by atoms with E-state index in [2.05, 4.69) is 67.1 Å². The van der Waals surface area contributed by atoms with Gasteiger partial charge in [-0.1, -0.05) is 44.2 Å². The predicted molar refractivity (Wildman–Crippen MR) is 195 cm³/mol. The first-order valence-electron chi connectivity index (χ1n) is 18.0. The van der Waals surface area contributed by atoms with E-state index in [4.69, 9.17) is 19.2 Å². The van der Waals surface area contributed by atoms with Crippen LogP contribution < -0.4 is 5.32 Å². The molecule has 2 amide bonds. The van der Waals surface area contributed by atoms with E-state index in [-0.39, 0.29) is 43.5 Å². The van der Waals surface area contributed by atoms with Gasteiger partial charge in [-0.05, 0) is 80.6 Å². The Morgan fingerprint density at radius 1 is 1.08 bits per heavy atom. The normalized spacial score (nSPS) is 23.0. The molecule has 10 heteroatoms. The molecule has 0 spiro atoms. The number of carbonyl (C=O) groups is 3. The van der Waals surface area contributed by atoms with Crippen molar-refractivity contribution < 1.29 is 28.6 Å². The van der Waals surface area contributed by atoms with E-state index in [0.29, 0.717) is 13.0 Å². The van der Waals surface area contributed by atoms with Crippen LogP contribution in [0.2, 0.25) is 0 Å². The summed E-state index contributed by atoms with van der Waals surface area (Å²) in [7, 11) is 1.73. The van der Waals surface area contributed by atoms with Crippen LogP contribution >= 0.6 is 0 Å². The quantitative estimate of drug-likeness (QED) is 0.229. The summed E-state index contributed by atoms with van der Waals surface area (Å²) in [6, 6.07) is 17.9. The number of aromatic nitrogens is 2. The van der Waals surface area contributed by atoms with Crippen LogP contribution in [0.25, 0.3) is 33.3 Å². The molecule has 3 aliphatic rings. The lowest BCUT2D eigenvalue weighted by Crippen LogP contribution is -2.50. The molecule has 7 rings (SSSR count). The molecule has 2 aliphatic heterocycles. The number of alkyl carbamates (subject to hydrolysis) is 1. The maximum Gasteiger partial charge on any atom is 0.408 e. The Hall–Kier alpha value is -4.70. The SMILES string of the molecule is CCn1c2c3c4cc(ccc41)-c1cccc(c1)C[C@H](NC(=O)OC(C)(C)C)C(=O)N1CC[C@H](C1)C(=O)OCC(C)(C)C3[C@H](OC)c1ncccc1-2. The number of aryl methyl sites for hydroxylation is 1. The Balaban J connectivity index is 1.40. The summed E-state index contributed by atoms with van der Waals surface area (Å²) in [5, 5.41) is 3.96. The Morgan fingerprint density at radius 3 is 2.61 bits per heavy atom. The zero-order valence-corrected chi connectivity index (χ0v) is 30.6. The molecule has 268 valence electrons. The summed E-state index contributed by atoms with van der Waals surface area (Å²) in [6.07, 6.45) is 1.53. The number of methoxy groups -OCH3 is 1. The molecule has 6 bridgehead atoms. The van der Waals surface area contributed by atoms with Crippen LogP contribution in [0.3, 0.4) is 0 Å². The predicted octanol–water partition coefficient (Wildman–Crippen LogP) is 7.04. The van der Waals surface area contributed by atoms with Gasteiger partial charge in [0.1, 0.15) is 17.7 Å². The van der Waals surface area contributed by atoms with E-state index in [9.17, 15) is 14.4 Å². The number of hydrogen-bond acceptors (Lipinski definition) is 7. The van der Waals surface area contributed by atoms with Crippen molar-refractivity contribution in [1.82, 2.24) is 19.8 Å². The second-order valence-corrected chi connectivity index (χ2v) is 15.8. The number of amides is 2. The van der Waals surface area contributed by atoms with Gasteiger partial charge in [-0.15, -0.1) is 0 Å². The van der Waals surface area contributed by atoms with Gasteiger partial charge in [-0.25, -0.2) is 4.79 Å². The average Bonchev–Trinajstić information content (AvgIpc) is 3.72. The highest BCUT2D eigenvalue weighted by Gasteiger charge is 2.47. The smallest absolute Gasteiger partial charge is 0.408 e. The molecule has 1 fully saturated rings. The highest BCUT2D eigenvalue weighted by Crippen LogP contribution is 2.57. The van der Waals surface area contributed by atoms with Gasteiger partial charge in [0.2, 0.25) is 5.91 Å². The van der Waals surface area contributed by atoms with E-state index in [1.807, 2.05) is 24.4 Å². The molecule has 51 heavy (non-hydrogen) atoms. The topological polar surface area (TPSA) is 112 Å². The molecule has 4 heterocycles. The fraction of sp³-hybridized carbons (Fsp3) is 0.463. The molecule has 4 atom stereocenters. The lowest BCUT2D eigenvalue weighted by atomic mass is 9.67. The Labute approximate surface area is 299 Å². The maximum atomic E-state index is 14.0. The minimum atomic E-state index is -0.879. The third-order valence-electron chi connectivity index (χ3n) is 10.6. The Bertz CT molecular complexity index is 2010. The third kappa shape index (κ3) is 6.39. The van der Waals surface area contributed by atoms with Crippen molar-refractivity contribution in [2.45, 2.75) is 84.6 Å². The standard InChI is InChI=1S/C41H48N4O6/c1-8-45-31-15-14-26-21-29(31)32-33(36(49-7)34-28(35(32)45)13-10-17-42-34)41(5,6)23-50-38(47)27-16-18-44(22-27)37(46)30(43-39(48)51-40(2,3)4)20-24-11-9-12-25(26)19-24/h9-15,17,19,21,27,30,33,36H,8,16,18,20,22-23H2,1-7H3,(H,43,48)/t27-,30+,33?,36+/m1/s1. The molecular weight excluding hydrogens is 644 g/mol. The number of carbonyl (C=O) groups excluding carboxylic acids is 3. The fourth-order valence-corrected chi connectivity index (χ4v) is 8.30. The monoisotopic (exact) mass is 692 g/mol. The molecular formula is C41H48N4O6.